The minimum Gasteiger partial charge on any atom is -0.352 e. The molecule has 2 N–H and O–H groups in total. The Morgan fingerprint density at radius 2 is 1.83 bits per heavy atom. The molecule has 182 valence electrons. The van der Waals surface area contributed by atoms with Crippen LogP contribution in [0, 0.1) is 11.6 Å². The molecular weight excluding hydrogens is 480 g/mol. The summed E-state index contributed by atoms with van der Waals surface area (Å²) in [7, 11) is 0. The number of carbonyl (C=O) groups is 1. The van der Waals surface area contributed by atoms with E-state index in [0.29, 0.717) is 23.0 Å². The lowest BCUT2D eigenvalue weighted by Gasteiger charge is -2.28. The van der Waals surface area contributed by atoms with Gasteiger partial charge in [-0.3, -0.25) is 9.78 Å². The van der Waals surface area contributed by atoms with Crippen molar-refractivity contribution in [2.75, 3.05) is 11.9 Å². The topological polar surface area (TPSA) is 62.2 Å². The molecule has 0 spiro atoms. The Bertz CT molecular complexity index is 1380. The number of rotatable bonds is 7. The molecule has 3 heterocycles. The summed E-state index contributed by atoms with van der Waals surface area (Å²) in [6.45, 7) is 0.335. The lowest BCUT2D eigenvalue weighted by atomic mass is 10.0. The third-order valence-corrected chi connectivity index (χ3v) is 6.43. The summed E-state index contributed by atoms with van der Waals surface area (Å²) in [4.78, 5) is 19.2. The number of amides is 1. The zero-order chi connectivity index (χ0) is 25.1. The Labute approximate surface area is 212 Å². The number of aromatic nitrogens is 2. The van der Waals surface area contributed by atoms with Gasteiger partial charge in [-0.15, -0.1) is 0 Å². The third kappa shape index (κ3) is 4.96. The van der Waals surface area contributed by atoms with Crippen LogP contribution in [-0.4, -0.2) is 32.0 Å². The predicted molar refractivity (Wildman–Crippen MR) is 138 cm³/mol. The number of benzene rings is 2. The van der Waals surface area contributed by atoms with Gasteiger partial charge in [-0.05, 0) is 78.9 Å². The van der Waals surface area contributed by atoms with E-state index in [1.54, 1.807) is 12.3 Å². The number of nitrogens with one attached hydrogen (secondary N) is 2. The van der Waals surface area contributed by atoms with Crippen molar-refractivity contribution in [2.45, 2.75) is 18.5 Å². The van der Waals surface area contributed by atoms with Gasteiger partial charge in [-0.25, -0.2) is 8.78 Å². The van der Waals surface area contributed by atoms with Gasteiger partial charge >= 0.3 is 0 Å². The van der Waals surface area contributed by atoms with Crippen molar-refractivity contribution in [1.29, 1.82) is 0 Å². The van der Waals surface area contributed by atoms with E-state index < -0.39 is 0 Å². The number of anilines is 1. The Kier molecular flexibility index (Phi) is 6.73. The molecule has 1 amide bonds. The fourth-order valence-electron chi connectivity index (χ4n) is 4.44. The van der Waals surface area contributed by atoms with Gasteiger partial charge in [0, 0.05) is 42.4 Å². The molecule has 1 fully saturated rings. The van der Waals surface area contributed by atoms with Gasteiger partial charge in [0.2, 0.25) is 5.91 Å². The zero-order valence-corrected chi connectivity index (χ0v) is 20.0. The molecule has 0 bridgehead atoms. The highest BCUT2D eigenvalue weighted by Crippen LogP contribution is 2.39. The second-order valence-corrected chi connectivity index (χ2v) is 8.79. The van der Waals surface area contributed by atoms with Crippen molar-refractivity contribution in [3.05, 3.63) is 114 Å². The summed E-state index contributed by atoms with van der Waals surface area (Å²) in [5, 5.41) is 6.65. The van der Waals surface area contributed by atoms with Gasteiger partial charge in [0.25, 0.3) is 0 Å². The molecular formula is C27H23F2N5OS. The number of thiocarbonyl (C=S) groups is 1. The maximum absolute atomic E-state index is 14.0. The quantitative estimate of drug-likeness (QED) is 0.342. The Morgan fingerprint density at radius 1 is 1.00 bits per heavy atom. The number of pyridine rings is 1. The molecule has 2 aromatic heterocycles. The molecule has 0 unspecified atom stereocenters. The normalized spacial score (nSPS) is 17.2. The van der Waals surface area contributed by atoms with Crippen molar-refractivity contribution >= 4 is 28.9 Å². The highest BCUT2D eigenvalue weighted by Gasteiger charge is 2.41. The zero-order valence-electron chi connectivity index (χ0n) is 19.1. The third-order valence-electron chi connectivity index (χ3n) is 6.08. The van der Waals surface area contributed by atoms with Crippen LogP contribution in [0.15, 0.2) is 91.3 Å². The van der Waals surface area contributed by atoms with Gasteiger partial charge in [0.15, 0.2) is 5.11 Å². The summed E-state index contributed by atoms with van der Waals surface area (Å²) < 4.78 is 29.1. The summed E-state index contributed by atoms with van der Waals surface area (Å²) in [6.07, 6.45) is 3.76. The summed E-state index contributed by atoms with van der Waals surface area (Å²) in [6, 6.07) is 21.0. The molecule has 6 nitrogen and oxygen atoms in total. The Morgan fingerprint density at radius 3 is 2.58 bits per heavy atom. The molecule has 36 heavy (non-hydrogen) atoms. The number of hydrogen-bond donors (Lipinski definition) is 2. The van der Waals surface area contributed by atoms with E-state index in [4.69, 9.17) is 12.2 Å². The van der Waals surface area contributed by atoms with Gasteiger partial charge in [0.1, 0.15) is 11.6 Å². The second-order valence-electron chi connectivity index (χ2n) is 8.41. The molecule has 5 rings (SSSR count). The molecule has 9 heteroatoms. The summed E-state index contributed by atoms with van der Waals surface area (Å²) in [5.41, 5.74) is 2.88. The largest absolute Gasteiger partial charge is 0.352 e. The van der Waals surface area contributed by atoms with Crippen LogP contribution in [0.2, 0.25) is 0 Å². The predicted octanol–water partition coefficient (Wildman–Crippen LogP) is 5.15. The minimum atomic E-state index is -0.369. The molecule has 0 radical (unpaired) electrons. The molecule has 4 aromatic rings. The number of carbonyl (C=O) groups excluding carboxylic acids is 1. The van der Waals surface area contributed by atoms with E-state index in [1.165, 1.54) is 36.4 Å². The summed E-state index contributed by atoms with van der Waals surface area (Å²) >= 11 is 5.69. The standard InChI is InChI=1S/C27H23F2N5OS/c28-18-9-11-20(12-10-18)31-24(35)13-16-34-26(25(32-27(34)36)22-7-1-2-14-30-22)23-8-4-15-33(23)21-6-3-5-19(29)17-21/h1-12,14-15,17,25-26H,13,16H2,(H,31,35)(H,32,36)/t25-,26-/m0/s1. The molecule has 1 aliphatic heterocycles. The first-order valence-corrected chi connectivity index (χ1v) is 11.9. The SMILES string of the molecule is O=C(CCN1C(=S)N[C@@H](c2ccccn2)[C@@H]1c1cccn1-c1cccc(F)c1)Nc1ccc(F)cc1. The van der Waals surface area contributed by atoms with Crippen molar-refractivity contribution in [3.8, 4) is 5.69 Å². The minimum absolute atomic E-state index is 0.158. The fraction of sp³-hybridized carbons (Fsp3) is 0.148. The van der Waals surface area contributed by atoms with E-state index >= 15 is 0 Å². The second kappa shape index (κ2) is 10.2. The summed E-state index contributed by atoms with van der Waals surface area (Å²) in [5.74, 6) is -0.918. The van der Waals surface area contributed by atoms with E-state index in [1.807, 2.05) is 52.1 Å². The van der Waals surface area contributed by atoms with Crippen LogP contribution in [0.5, 0.6) is 0 Å². The highest BCUT2D eigenvalue weighted by atomic mass is 32.1. The van der Waals surface area contributed by atoms with Crippen LogP contribution in [0.4, 0.5) is 14.5 Å². The lowest BCUT2D eigenvalue weighted by molar-refractivity contribution is -0.116. The molecule has 0 aliphatic carbocycles. The van der Waals surface area contributed by atoms with Gasteiger partial charge in [-0.2, -0.15) is 0 Å². The maximum Gasteiger partial charge on any atom is 0.226 e. The maximum atomic E-state index is 14.0. The molecule has 2 atom stereocenters. The number of nitrogens with zero attached hydrogens (tertiary/aromatic N) is 3. The van der Waals surface area contributed by atoms with Crippen molar-refractivity contribution < 1.29 is 13.6 Å². The van der Waals surface area contributed by atoms with E-state index in [2.05, 4.69) is 15.6 Å². The van der Waals surface area contributed by atoms with Crippen molar-refractivity contribution in [3.63, 3.8) is 0 Å². The van der Waals surface area contributed by atoms with E-state index in [-0.39, 0.29) is 36.0 Å². The average Bonchev–Trinajstić information content (AvgIpc) is 3.49. The fourth-order valence-corrected chi connectivity index (χ4v) is 4.77. The van der Waals surface area contributed by atoms with E-state index in [9.17, 15) is 13.6 Å². The highest BCUT2D eigenvalue weighted by molar-refractivity contribution is 7.80. The molecule has 0 saturated carbocycles. The first-order valence-electron chi connectivity index (χ1n) is 11.5. The monoisotopic (exact) mass is 503 g/mol. The van der Waals surface area contributed by atoms with Gasteiger partial charge in [-0.1, -0.05) is 12.1 Å². The first kappa shape index (κ1) is 23.6. The van der Waals surface area contributed by atoms with Crippen LogP contribution in [0.1, 0.15) is 29.9 Å². The van der Waals surface area contributed by atoms with Crippen molar-refractivity contribution in [2.24, 2.45) is 0 Å². The Hall–Kier alpha value is -4.11. The van der Waals surface area contributed by atoms with Gasteiger partial charge in [0.05, 0.1) is 17.8 Å². The van der Waals surface area contributed by atoms with Gasteiger partial charge < -0.3 is 20.1 Å². The van der Waals surface area contributed by atoms with Crippen LogP contribution < -0.4 is 10.6 Å². The smallest absolute Gasteiger partial charge is 0.226 e. The van der Waals surface area contributed by atoms with Crippen molar-refractivity contribution in [1.82, 2.24) is 19.8 Å². The lowest BCUT2D eigenvalue weighted by Crippen LogP contribution is -2.33. The average molecular weight is 504 g/mol. The van der Waals surface area contributed by atoms with E-state index in [0.717, 1.165) is 11.4 Å². The number of halogens is 2. The Balaban J connectivity index is 1.44. The number of hydrogen-bond acceptors (Lipinski definition) is 3. The van der Waals surface area contributed by atoms with Crippen LogP contribution in [0.3, 0.4) is 0 Å². The first-order chi connectivity index (χ1) is 17.5. The molecule has 1 aliphatic rings. The van der Waals surface area contributed by atoms with Crippen LogP contribution in [0.25, 0.3) is 5.69 Å². The molecule has 1 saturated heterocycles. The van der Waals surface area contributed by atoms with Crippen LogP contribution in [-0.2, 0) is 4.79 Å². The molecule has 2 aromatic carbocycles. The van der Waals surface area contributed by atoms with Crippen LogP contribution >= 0.6 is 12.2 Å².